The van der Waals surface area contributed by atoms with Gasteiger partial charge in [0.15, 0.2) is 0 Å². The van der Waals surface area contributed by atoms with E-state index in [4.69, 9.17) is 16.3 Å². The molecule has 1 atom stereocenters. The predicted octanol–water partition coefficient (Wildman–Crippen LogP) is 4.23. The van der Waals surface area contributed by atoms with Crippen molar-refractivity contribution in [2.75, 3.05) is 6.61 Å². The van der Waals surface area contributed by atoms with Gasteiger partial charge in [0, 0.05) is 5.02 Å². The quantitative estimate of drug-likeness (QED) is 0.770. The molecule has 2 aromatic carbocycles. The summed E-state index contributed by atoms with van der Waals surface area (Å²) in [6, 6.07) is 17.3. The van der Waals surface area contributed by atoms with Gasteiger partial charge in [-0.05, 0) is 36.6 Å². The van der Waals surface area contributed by atoms with Crippen molar-refractivity contribution in [2.45, 2.75) is 19.3 Å². The molecule has 0 fully saturated rings. The molecule has 0 heterocycles. The van der Waals surface area contributed by atoms with Crippen LogP contribution in [0, 0.1) is 0 Å². The van der Waals surface area contributed by atoms with Crippen LogP contribution in [0.2, 0.25) is 5.02 Å². The lowest BCUT2D eigenvalue weighted by atomic mass is 9.92. The fourth-order valence-electron chi connectivity index (χ4n) is 2.13. The zero-order chi connectivity index (χ0) is 14.4. The lowest BCUT2D eigenvalue weighted by Gasteiger charge is -2.16. The maximum atomic E-state index is 12.2. The largest absolute Gasteiger partial charge is 0.466 e. The first-order chi connectivity index (χ1) is 9.70. The highest BCUT2D eigenvalue weighted by molar-refractivity contribution is 6.30. The van der Waals surface area contributed by atoms with Gasteiger partial charge in [0.25, 0.3) is 0 Å². The van der Waals surface area contributed by atoms with Crippen molar-refractivity contribution in [1.29, 1.82) is 0 Å². The Morgan fingerprint density at radius 3 is 2.35 bits per heavy atom. The van der Waals surface area contributed by atoms with Crippen LogP contribution in [0.4, 0.5) is 0 Å². The third-order valence-electron chi connectivity index (χ3n) is 3.13. The summed E-state index contributed by atoms with van der Waals surface area (Å²) in [5.74, 6) is -0.492. The molecule has 2 nitrogen and oxygen atoms in total. The molecule has 0 saturated carbocycles. The Labute approximate surface area is 124 Å². The molecule has 0 aliphatic heterocycles. The van der Waals surface area contributed by atoms with Gasteiger partial charge in [-0.3, -0.25) is 4.79 Å². The third-order valence-corrected chi connectivity index (χ3v) is 3.38. The number of carbonyl (C=O) groups excluding carboxylic acids is 1. The van der Waals surface area contributed by atoms with Gasteiger partial charge in [0.2, 0.25) is 0 Å². The molecule has 0 bridgehead atoms. The van der Waals surface area contributed by atoms with Crippen LogP contribution in [0.1, 0.15) is 24.0 Å². The van der Waals surface area contributed by atoms with Gasteiger partial charge in [0.05, 0.1) is 12.5 Å². The fourth-order valence-corrected chi connectivity index (χ4v) is 2.25. The van der Waals surface area contributed by atoms with Crippen LogP contribution in [0.5, 0.6) is 0 Å². The van der Waals surface area contributed by atoms with Gasteiger partial charge in [0.1, 0.15) is 0 Å². The van der Waals surface area contributed by atoms with Crippen LogP contribution in [-0.2, 0) is 16.0 Å². The number of esters is 1. The summed E-state index contributed by atoms with van der Waals surface area (Å²) in [4.78, 5) is 12.2. The smallest absolute Gasteiger partial charge is 0.313 e. The van der Waals surface area contributed by atoms with Crippen molar-refractivity contribution < 1.29 is 9.53 Å². The Kier molecular flexibility index (Phi) is 5.19. The van der Waals surface area contributed by atoms with Gasteiger partial charge >= 0.3 is 5.97 Å². The SMILES string of the molecule is CCOC(=O)[C@H](Cc1ccccc1)c1ccc(Cl)cc1. The standard InChI is InChI=1S/C17H17ClO2/c1-2-20-17(19)16(12-13-6-4-3-5-7-13)14-8-10-15(18)11-9-14/h3-11,16H,2,12H2,1H3/t16-/m1/s1. The molecule has 104 valence electrons. The minimum Gasteiger partial charge on any atom is -0.466 e. The van der Waals surface area contributed by atoms with Gasteiger partial charge in [-0.2, -0.15) is 0 Å². The lowest BCUT2D eigenvalue weighted by Crippen LogP contribution is -2.18. The average molecular weight is 289 g/mol. The molecule has 2 aromatic rings. The topological polar surface area (TPSA) is 26.3 Å². The van der Waals surface area contributed by atoms with Crippen molar-refractivity contribution in [3.05, 3.63) is 70.7 Å². The van der Waals surface area contributed by atoms with Crippen molar-refractivity contribution in [3.8, 4) is 0 Å². The fraction of sp³-hybridized carbons (Fsp3) is 0.235. The highest BCUT2D eigenvalue weighted by atomic mass is 35.5. The summed E-state index contributed by atoms with van der Waals surface area (Å²) in [6.45, 7) is 2.21. The number of hydrogen-bond donors (Lipinski definition) is 0. The number of ether oxygens (including phenoxy) is 1. The summed E-state index contributed by atoms with van der Waals surface area (Å²) in [6.07, 6.45) is 0.626. The zero-order valence-electron chi connectivity index (χ0n) is 11.4. The normalized spacial score (nSPS) is 11.9. The van der Waals surface area contributed by atoms with Gasteiger partial charge < -0.3 is 4.74 Å². The minimum absolute atomic E-state index is 0.196. The van der Waals surface area contributed by atoms with E-state index in [2.05, 4.69) is 0 Å². The van der Waals surface area contributed by atoms with E-state index in [1.807, 2.05) is 49.4 Å². The third kappa shape index (κ3) is 3.84. The van der Waals surface area contributed by atoms with E-state index in [-0.39, 0.29) is 11.9 Å². The summed E-state index contributed by atoms with van der Waals surface area (Å²) in [5.41, 5.74) is 2.04. The maximum Gasteiger partial charge on any atom is 0.313 e. The van der Waals surface area contributed by atoms with Crippen LogP contribution in [0.3, 0.4) is 0 Å². The van der Waals surface area contributed by atoms with Crippen LogP contribution in [0.25, 0.3) is 0 Å². The monoisotopic (exact) mass is 288 g/mol. The van der Waals surface area contributed by atoms with Crippen LogP contribution >= 0.6 is 11.6 Å². The summed E-state index contributed by atoms with van der Waals surface area (Å²) in [7, 11) is 0. The van der Waals surface area contributed by atoms with Crippen LogP contribution in [-0.4, -0.2) is 12.6 Å². The second kappa shape index (κ2) is 7.11. The van der Waals surface area contributed by atoms with Gasteiger partial charge in [-0.25, -0.2) is 0 Å². The van der Waals surface area contributed by atoms with Crippen molar-refractivity contribution >= 4 is 17.6 Å². The molecule has 0 aliphatic rings. The molecule has 20 heavy (non-hydrogen) atoms. The second-order valence-electron chi connectivity index (χ2n) is 4.55. The Balaban J connectivity index is 2.25. The number of halogens is 1. The molecule has 3 heteroatoms. The van der Waals surface area contributed by atoms with E-state index >= 15 is 0 Å². The number of hydrogen-bond acceptors (Lipinski definition) is 2. The molecule has 0 spiro atoms. The van der Waals surface area contributed by atoms with Gasteiger partial charge in [-0.15, -0.1) is 0 Å². The number of rotatable bonds is 5. The van der Waals surface area contributed by atoms with Crippen molar-refractivity contribution in [1.82, 2.24) is 0 Å². The second-order valence-corrected chi connectivity index (χ2v) is 4.98. The summed E-state index contributed by atoms with van der Waals surface area (Å²) < 4.78 is 5.19. The molecule has 0 radical (unpaired) electrons. The van der Waals surface area contributed by atoms with Crippen molar-refractivity contribution in [3.63, 3.8) is 0 Å². The number of benzene rings is 2. The predicted molar refractivity (Wildman–Crippen MR) is 81.0 cm³/mol. The first-order valence-electron chi connectivity index (χ1n) is 6.66. The highest BCUT2D eigenvalue weighted by Gasteiger charge is 2.22. The van der Waals surface area contributed by atoms with E-state index in [1.54, 1.807) is 12.1 Å². The Morgan fingerprint density at radius 1 is 1.10 bits per heavy atom. The molecule has 0 N–H and O–H groups in total. The Bertz CT molecular complexity index is 549. The average Bonchev–Trinajstić information content (AvgIpc) is 2.47. The molecule has 0 saturated heterocycles. The summed E-state index contributed by atoms with van der Waals surface area (Å²) in [5, 5.41) is 0.663. The van der Waals surface area contributed by atoms with Crippen LogP contribution < -0.4 is 0 Å². The molecular weight excluding hydrogens is 272 g/mol. The van der Waals surface area contributed by atoms with Crippen molar-refractivity contribution in [2.24, 2.45) is 0 Å². The highest BCUT2D eigenvalue weighted by Crippen LogP contribution is 2.24. The van der Waals surface area contributed by atoms with Gasteiger partial charge in [-0.1, -0.05) is 54.1 Å². The zero-order valence-corrected chi connectivity index (χ0v) is 12.1. The minimum atomic E-state index is -0.297. The number of carbonyl (C=O) groups is 1. The van der Waals surface area contributed by atoms with E-state index in [9.17, 15) is 4.79 Å². The van der Waals surface area contributed by atoms with Crippen LogP contribution in [0.15, 0.2) is 54.6 Å². The molecular formula is C17H17ClO2. The van der Waals surface area contributed by atoms with E-state index < -0.39 is 0 Å². The first kappa shape index (κ1) is 14.6. The summed E-state index contributed by atoms with van der Waals surface area (Å²) >= 11 is 5.90. The molecule has 2 rings (SSSR count). The Hall–Kier alpha value is -1.80. The van der Waals surface area contributed by atoms with E-state index in [0.29, 0.717) is 18.1 Å². The molecule has 0 aliphatic carbocycles. The molecule has 0 amide bonds. The molecule has 0 aromatic heterocycles. The molecule has 0 unspecified atom stereocenters. The van der Waals surface area contributed by atoms with E-state index in [1.165, 1.54) is 0 Å². The van der Waals surface area contributed by atoms with E-state index in [0.717, 1.165) is 11.1 Å². The first-order valence-corrected chi connectivity index (χ1v) is 7.04. The maximum absolute atomic E-state index is 12.2. The lowest BCUT2D eigenvalue weighted by molar-refractivity contribution is -0.144. The Morgan fingerprint density at radius 2 is 1.75 bits per heavy atom.